The van der Waals surface area contributed by atoms with Gasteiger partial charge in [0.05, 0.1) is 5.69 Å². The third-order valence-electron chi connectivity index (χ3n) is 2.28. The van der Waals surface area contributed by atoms with E-state index in [0.29, 0.717) is 17.3 Å². The number of nitrogen functional groups attached to an aromatic ring is 2. The number of halogens is 1. The van der Waals surface area contributed by atoms with Crippen molar-refractivity contribution < 1.29 is 4.74 Å². The van der Waals surface area contributed by atoms with Crippen molar-refractivity contribution in [2.45, 2.75) is 6.92 Å². The van der Waals surface area contributed by atoms with Crippen molar-refractivity contribution in [1.82, 2.24) is 4.98 Å². The van der Waals surface area contributed by atoms with E-state index in [1.807, 2.05) is 25.1 Å². The summed E-state index contributed by atoms with van der Waals surface area (Å²) in [6.45, 7) is 1.99. The predicted octanol–water partition coefficient (Wildman–Crippen LogP) is 3.11. The highest BCUT2D eigenvalue weighted by molar-refractivity contribution is 9.10. The molecule has 0 amide bonds. The molecule has 0 fully saturated rings. The number of hydrogen-bond acceptors (Lipinski definition) is 4. The number of pyridine rings is 1. The van der Waals surface area contributed by atoms with Crippen LogP contribution in [0.2, 0.25) is 0 Å². The topological polar surface area (TPSA) is 74.2 Å². The minimum absolute atomic E-state index is 0.274. The summed E-state index contributed by atoms with van der Waals surface area (Å²) in [6.07, 6.45) is 0. The molecule has 0 radical (unpaired) electrons. The molecule has 0 bridgehead atoms. The molecule has 0 saturated carbocycles. The number of nitrogens with two attached hydrogens (primary N) is 2. The van der Waals surface area contributed by atoms with Crippen molar-refractivity contribution in [3.63, 3.8) is 0 Å². The molecule has 0 unspecified atom stereocenters. The third-order valence-corrected chi connectivity index (χ3v) is 3.17. The molecular weight excluding hydrogens is 282 g/mol. The first-order chi connectivity index (χ1) is 8.06. The second-order valence-corrected chi connectivity index (χ2v) is 4.49. The number of benzene rings is 1. The van der Waals surface area contributed by atoms with Crippen molar-refractivity contribution in [3.8, 4) is 11.6 Å². The number of rotatable bonds is 2. The lowest BCUT2D eigenvalue weighted by Crippen LogP contribution is -1.98. The second kappa shape index (κ2) is 4.63. The molecule has 0 spiro atoms. The highest BCUT2D eigenvalue weighted by Crippen LogP contribution is 2.26. The van der Waals surface area contributed by atoms with Gasteiger partial charge in [0.1, 0.15) is 5.75 Å². The Morgan fingerprint density at radius 2 is 1.94 bits per heavy atom. The third kappa shape index (κ3) is 2.68. The van der Waals surface area contributed by atoms with Crippen LogP contribution in [0.4, 0.5) is 11.5 Å². The fourth-order valence-electron chi connectivity index (χ4n) is 1.33. The SMILES string of the molecule is Cc1cc(Oc2ccc(N)c(N)n2)ccc1Br. The van der Waals surface area contributed by atoms with E-state index in [9.17, 15) is 0 Å². The van der Waals surface area contributed by atoms with Crippen molar-refractivity contribution in [2.24, 2.45) is 0 Å². The number of anilines is 2. The van der Waals surface area contributed by atoms with Crippen LogP contribution in [-0.4, -0.2) is 4.98 Å². The first kappa shape index (κ1) is 11.7. The van der Waals surface area contributed by atoms with Crippen molar-refractivity contribution in [1.29, 1.82) is 0 Å². The van der Waals surface area contributed by atoms with Gasteiger partial charge in [0.15, 0.2) is 5.82 Å². The summed E-state index contributed by atoms with van der Waals surface area (Å²) in [5.41, 5.74) is 12.7. The summed E-state index contributed by atoms with van der Waals surface area (Å²) in [5.74, 6) is 1.41. The molecule has 0 aliphatic carbocycles. The van der Waals surface area contributed by atoms with E-state index < -0.39 is 0 Å². The van der Waals surface area contributed by atoms with Crippen LogP contribution in [0.3, 0.4) is 0 Å². The van der Waals surface area contributed by atoms with Gasteiger partial charge in [0.2, 0.25) is 5.88 Å². The molecule has 17 heavy (non-hydrogen) atoms. The fourth-order valence-corrected chi connectivity index (χ4v) is 1.57. The van der Waals surface area contributed by atoms with Crippen LogP contribution >= 0.6 is 15.9 Å². The van der Waals surface area contributed by atoms with E-state index in [1.54, 1.807) is 12.1 Å². The Kier molecular flexibility index (Phi) is 3.19. The molecule has 1 aromatic heterocycles. The summed E-state index contributed by atoms with van der Waals surface area (Å²) < 4.78 is 6.62. The van der Waals surface area contributed by atoms with Crippen molar-refractivity contribution in [2.75, 3.05) is 11.5 Å². The van der Waals surface area contributed by atoms with Crippen LogP contribution in [0.15, 0.2) is 34.8 Å². The molecule has 0 atom stereocenters. The zero-order chi connectivity index (χ0) is 12.4. The Morgan fingerprint density at radius 1 is 1.18 bits per heavy atom. The summed E-state index contributed by atoms with van der Waals surface area (Å²) in [6, 6.07) is 9.04. The molecule has 0 aliphatic rings. The first-order valence-corrected chi connectivity index (χ1v) is 5.81. The molecule has 2 rings (SSSR count). The van der Waals surface area contributed by atoms with E-state index in [-0.39, 0.29) is 5.82 Å². The highest BCUT2D eigenvalue weighted by Gasteiger charge is 2.03. The number of aryl methyl sites for hydroxylation is 1. The van der Waals surface area contributed by atoms with Crippen LogP contribution in [0.1, 0.15) is 5.56 Å². The van der Waals surface area contributed by atoms with E-state index in [1.165, 1.54) is 0 Å². The Balaban J connectivity index is 2.25. The molecular formula is C12H12BrN3O. The van der Waals surface area contributed by atoms with Gasteiger partial charge in [0, 0.05) is 10.5 Å². The number of nitrogens with zero attached hydrogens (tertiary/aromatic N) is 1. The highest BCUT2D eigenvalue weighted by atomic mass is 79.9. The van der Waals surface area contributed by atoms with Gasteiger partial charge < -0.3 is 16.2 Å². The lowest BCUT2D eigenvalue weighted by atomic mass is 10.2. The maximum Gasteiger partial charge on any atom is 0.221 e. The average Bonchev–Trinajstić information content (AvgIpc) is 2.29. The molecule has 0 aliphatic heterocycles. The van der Waals surface area contributed by atoms with Gasteiger partial charge in [-0.25, -0.2) is 0 Å². The summed E-state index contributed by atoms with van der Waals surface area (Å²) in [5, 5.41) is 0. The van der Waals surface area contributed by atoms with Gasteiger partial charge in [-0.3, -0.25) is 0 Å². The molecule has 1 heterocycles. The van der Waals surface area contributed by atoms with E-state index in [4.69, 9.17) is 16.2 Å². The quantitative estimate of drug-likeness (QED) is 0.892. The zero-order valence-corrected chi connectivity index (χ0v) is 10.9. The van der Waals surface area contributed by atoms with Crippen LogP contribution in [-0.2, 0) is 0 Å². The molecule has 4 N–H and O–H groups in total. The van der Waals surface area contributed by atoms with Crippen LogP contribution < -0.4 is 16.2 Å². The van der Waals surface area contributed by atoms with Gasteiger partial charge in [-0.2, -0.15) is 4.98 Å². The van der Waals surface area contributed by atoms with E-state index in [2.05, 4.69) is 20.9 Å². The molecule has 5 heteroatoms. The van der Waals surface area contributed by atoms with E-state index in [0.717, 1.165) is 10.0 Å². The standard InChI is InChI=1S/C12H12BrN3O/c1-7-6-8(2-3-9(7)13)17-11-5-4-10(14)12(15)16-11/h2-6H,14H2,1H3,(H2,15,16). The van der Waals surface area contributed by atoms with Gasteiger partial charge in [-0.05, 0) is 36.8 Å². The Bertz CT molecular complexity index is 508. The predicted molar refractivity (Wildman–Crippen MR) is 72.0 cm³/mol. The number of hydrogen-bond donors (Lipinski definition) is 2. The Labute approximate surface area is 108 Å². The molecule has 2 aromatic rings. The van der Waals surface area contributed by atoms with Gasteiger partial charge >= 0.3 is 0 Å². The molecule has 1 aromatic carbocycles. The van der Waals surface area contributed by atoms with Crippen LogP contribution in [0, 0.1) is 6.92 Å². The normalized spacial score (nSPS) is 10.2. The lowest BCUT2D eigenvalue weighted by molar-refractivity contribution is 0.463. The zero-order valence-electron chi connectivity index (χ0n) is 9.27. The van der Waals surface area contributed by atoms with Gasteiger partial charge in [0.25, 0.3) is 0 Å². The van der Waals surface area contributed by atoms with Crippen molar-refractivity contribution >= 4 is 27.4 Å². The number of ether oxygens (including phenoxy) is 1. The largest absolute Gasteiger partial charge is 0.439 e. The summed E-state index contributed by atoms with van der Waals surface area (Å²) in [7, 11) is 0. The smallest absolute Gasteiger partial charge is 0.221 e. The van der Waals surface area contributed by atoms with Crippen LogP contribution in [0.25, 0.3) is 0 Å². The Hall–Kier alpha value is -1.75. The lowest BCUT2D eigenvalue weighted by Gasteiger charge is -2.07. The molecule has 88 valence electrons. The maximum absolute atomic E-state index is 5.60. The van der Waals surface area contributed by atoms with E-state index >= 15 is 0 Å². The molecule has 4 nitrogen and oxygen atoms in total. The fraction of sp³-hybridized carbons (Fsp3) is 0.0833. The molecule has 0 saturated heterocycles. The minimum Gasteiger partial charge on any atom is -0.439 e. The number of aromatic nitrogens is 1. The first-order valence-electron chi connectivity index (χ1n) is 5.02. The minimum atomic E-state index is 0.274. The van der Waals surface area contributed by atoms with Crippen molar-refractivity contribution in [3.05, 3.63) is 40.4 Å². The monoisotopic (exact) mass is 293 g/mol. The average molecular weight is 294 g/mol. The van der Waals surface area contributed by atoms with Gasteiger partial charge in [-0.1, -0.05) is 15.9 Å². The summed E-state index contributed by atoms with van der Waals surface area (Å²) in [4.78, 5) is 4.04. The second-order valence-electron chi connectivity index (χ2n) is 3.64. The maximum atomic E-state index is 5.60. The van der Waals surface area contributed by atoms with Crippen LogP contribution in [0.5, 0.6) is 11.6 Å². The Morgan fingerprint density at radius 3 is 2.59 bits per heavy atom. The van der Waals surface area contributed by atoms with Gasteiger partial charge in [-0.15, -0.1) is 0 Å². The summed E-state index contributed by atoms with van der Waals surface area (Å²) >= 11 is 3.43.